The average molecular weight is 369 g/mol. The van der Waals surface area contributed by atoms with Crippen LogP contribution in [0.4, 0.5) is 0 Å². The van der Waals surface area contributed by atoms with E-state index in [0.29, 0.717) is 18.3 Å². The van der Waals surface area contributed by atoms with E-state index in [2.05, 4.69) is 37.6 Å². The number of rotatable bonds is 9. The third-order valence-corrected chi connectivity index (χ3v) is 6.48. The monoisotopic (exact) mass is 368 g/mol. The molecule has 2 aromatic rings. The fourth-order valence-electron chi connectivity index (χ4n) is 2.21. The molecule has 5 nitrogen and oxygen atoms in total. The number of hydrogen-bond donors (Lipinski definition) is 1. The minimum atomic E-state index is 0.0646. The molecule has 23 heavy (non-hydrogen) atoms. The molecular weight excluding hydrogens is 348 g/mol. The van der Waals surface area contributed by atoms with Crippen LogP contribution in [-0.2, 0) is 10.5 Å². The quantitative estimate of drug-likeness (QED) is 0.544. The summed E-state index contributed by atoms with van der Waals surface area (Å²) >= 11 is 5.10. The van der Waals surface area contributed by atoms with E-state index in [9.17, 15) is 4.79 Å². The first-order valence-corrected chi connectivity index (χ1v) is 10.7. The Bertz CT molecular complexity index is 637. The van der Waals surface area contributed by atoms with Gasteiger partial charge in [-0.2, -0.15) is 11.8 Å². The zero-order valence-corrected chi connectivity index (χ0v) is 15.5. The highest BCUT2D eigenvalue weighted by Crippen LogP contribution is 2.38. The number of thioether (sulfide) groups is 2. The summed E-state index contributed by atoms with van der Waals surface area (Å²) in [6, 6.07) is 4.76. The van der Waals surface area contributed by atoms with Gasteiger partial charge in [0, 0.05) is 29.0 Å². The third kappa shape index (κ3) is 4.99. The number of aromatic nitrogens is 3. The first kappa shape index (κ1) is 16.9. The smallest absolute Gasteiger partial charge is 0.230 e. The van der Waals surface area contributed by atoms with E-state index in [0.717, 1.165) is 22.5 Å². The normalized spacial score (nSPS) is 14.1. The summed E-state index contributed by atoms with van der Waals surface area (Å²) in [4.78, 5) is 13.3. The maximum absolute atomic E-state index is 11.9. The minimum Gasteiger partial charge on any atom is -0.355 e. The largest absolute Gasteiger partial charge is 0.355 e. The predicted octanol–water partition coefficient (Wildman–Crippen LogP) is 3.12. The number of amides is 1. The number of nitrogens with one attached hydrogen (secondary N) is 1. The second-order valence-electron chi connectivity index (χ2n) is 5.40. The maximum atomic E-state index is 11.9. The van der Waals surface area contributed by atoms with Crippen LogP contribution in [0.1, 0.15) is 29.6 Å². The van der Waals surface area contributed by atoms with Gasteiger partial charge in [0.15, 0.2) is 5.16 Å². The molecule has 2 heterocycles. The second kappa shape index (κ2) is 8.21. The lowest BCUT2D eigenvalue weighted by molar-refractivity contribution is -0.118. The van der Waals surface area contributed by atoms with Gasteiger partial charge in [0.05, 0.1) is 5.75 Å². The van der Waals surface area contributed by atoms with Crippen LogP contribution in [0.3, 0.4) is 0 Å². The molecule has 1 fully saturated rings. The number of thiophene rings is 1. The standard InChI is InChI=1S/C15H20N4OS3/c1-11-17-18-15(19(11)12-4-5-12)23-10-14(20)16-6-8-21-9-13-3-2-7-22-13/h2-3,7,12H,4-6,8-10H2,1H3,(H,16,20). The molecule has 0 radical (unpaired) electrons. The highest BCUT2D eigenvalue weighted by Gasteiger charge is 2.28. The average Bonchev–Trinajstić information content (AvgIpc) is 3.10. The van der Waals surface area contributed by atoms with Gasteiger partial charge in [-0.15, -0.1) is 21.5 Å². The molecular formula is C15H20N4OS3. The second-order valence-corrected chi connectivity index (χ2v) is 8.48. The van der Waals surface area contributed by atoms with Crippen LogP contribution < -0.4 is 5.32 Å². The molecule has 0 unspecified atom stereocenters. The molecule has 0 atom stereocenters. The Morgan fingerprint density at radius 2 is 2.35 bits per heavy atom. The van der Waals surface area contributed by atoms with Crippen molar-refractivity contribution in [2.45, 2.75) is 36.7 Å². The van der Waals surface area contributed by atoms with E-state index >= 15 is 0 Å². The Hall–Kier alpha value is -0.990. The summed E-state index contributed by atoms with van der Waals surface area (Å²) in [5, 5.41) is 14.2. The van der Waals surface area contributed by atoms with Gasteiger partial charge in [-0.05, 0) is 31.2 Å². The van der Waals surface area contributed by atoms with E-state index in [-0.39, 0.29) is 5.91 Å². The predicted molar refractivity (Wildman–Crippen MR) is 97.2 cm³/mol. The van der Waals surface area contributed by atoms with Gasteiger partial charge >= 0.3 is 0 Å². The van der Waals surface area contributed by atoms with E-state index in [1.54, 1.807) is 11.3 Å². The molecule has 0 aromatic carbocycles. The van der Waals surface area contributed by atoms with E-state index in [1.165, 1.54) is 29.5 Å². The van der Waals surface area contributed by atoms with Crippen LogP contribution in [0.25, 0.3) is 0 Å². The van der Waals surface area contributed by atoms with Crippen molar-refractivity contribution in [2.24, 2.45) is 0 Å². The van der Waals surface area contributed by atoms with Gasteiger partial charge in [0.25, 0.3) is 0 Å². The van der Waals surface area contributed by atoms with Crippen LogP contribution in [-0.4, -0.2) is 38.7 Å². The fourth-order valence-corrected chi connectivity index (χ4v) is 4.79. The Morgan fingerprint density at radius 3 is 3.09 bits per heavy atom. The van der Waals surface area contributed by atoms with Crippen LogP contribution in [0, 0.1) is 6.92 Å². The molecule has 2 aromatic heterocycles. The minimum absolute atomic E-state index is 0.0646. The zero-order chi connectivity index (χ0) is 16.1. The highest BCUT2D eigenvalue weighted by molar-refractivity contribution is 7.99. The van der Waals surface area contributed by atoms with Gasteiger partial charge in [-0.25, -0.2) is 0 Å². The lowest BCUT2D eigenvalue weighted by Gasteiger charge is -2.07. The molecule has 1 N–H and O–H groups in total. The fraction of sp³-hybridized carbons (Fsp3) is 0.533. The Labute approximate surface area is 148 Å². The third-order valence-electron chi connectivity index (χ3n) is 3.47. The van der Waals surface area contributed by atoms with Crippen LogP contribution in [0.2, 0.25) is 0 Å². The van der Waals surface area contributed by atoms with Crippen molar-refractivity contribution in [1.29, 1.82) is 0 Å². The number of carbonyl (C=O) groups excluding carboxylic acids is 1. The molecule has 1 aliphatic rings. The van der Waals surface area contributed by atoms with Gasteiger partial charge in [0.1, 0.15) is 5.82 Å². The number of carbonyl (C=O) groups is 1. The Morgan fingerprint density at radius 1 is 1.48 bits per heavy atom. The zero-order valence-electron chi connectivity index (χ0n) is 13.0. The van der Waals surface area contributed by atoms with E-state index in [4.69, 9.17) is 0 Å². The van der Waals surface area contributed by atoms with Crippen LogP contribution in [0.5, 0.6) is 0 Å². The lowest BCUT2D eigenvalue weighted by atomic mass is 10.5. The summed E-state index contributed by atoms with van der Waals surface area (Å²) in [5.74, 6) is 3.37. The summed E-state index contributed by atoms with van der Waals surface area (Å²) in [6.07, 6.45) is 2.39. The Balaban J connectivity index is 1.32. The topological polar surface area (TPSA) is 59.8 Å². The van der Waals surface area contributed by atoms with Crippen molar-refractivity contribution in [1.82, 2.24) is 20.1 Å². The summed E-state index contributed by atoms with van der Waals surface area (Å²) in [7, 11) is 0. The molecule has 0 saturated heterocycles. The number of aryl methyl sites for hydroxylation is 1. The maximum Gasteiger partial charge on any atom is 0.230 e. The van der Waals surface area contributed by atoms with Crippen molar-refractivity contribution < 1.29 is 4.79 Å². The van der Waals surface area contributed by atoms with E-state index in [1.807, 2.05) is 18.7 Å². The lowest BCUT2D eigenvalue weighted by Crippen LogP contribution is -2.27. The molecule has 1 saturated carbocycles. The highest BCUT2D eigenvalue weighted by atomic mass is 32.2. The first-order chi connectivity index (χ1) is 11.2. The molecule has 0 bridgehead atoms. The van der Waals surface area contributed by atoms with E-state index < -0.39 is 0 Å². The Kier molecular flexibility index (Phi) is 6.02. The van der Waals surface area contributed by atoms with Gasteiger partial charge in [-0.3, -0.25) is 4.79 Å². The molecule has 0 spiro atoms. The molecule has 8 heteroatoms. The molecule has 1 amide bonds. The first-order valence-electron chi connectivity index (χ1n) is 7.65. The van der Waals surface area contributed by atoms with Crippen molar-refractivity contribution in [3.05, 3.63) is 28.2 Å². The van der Waals surface area contributed by atoms with Crippen molar-refractivity contribution in [2.75, 3.05) is 18.1 Å². The molecule has 1 aliphatic carbocycles. The molecule has 124 valence electrons. The van der Waals surface area contributed by atoms with Gasteiger partial charge in [-0.1, -0.05) is 17.8 Å². The van der Waals surface area contributed by atoms with Gasteiger partial charge in [0.2, 0.25) is 5.91 Å². The van der Waals surface area contributed by atoms with Crippen molar-refractivity contribution in [3.63, 3.8) is 0 Å². The summed E-state index contributed by atoms with van der Waals surface area (Å²) in [5.41, 5.74) is 0. The summed E-state index contributed by atoms with van der Waals surface area (Å²) < 4.78 is 2.16. The van der Waals surface area contributed by atoms with Crippen LogP contribution in [0.15, 0.2) is 22.7 Å². The number of hydrogen-bond acceptors (Lipinski definition) is 6. The SMILES string of the molecule is Cc1nnc(SCC(=O)NCCSCc2cccs2)n1C1CC1. The van der Waals surface area contributed by atoms with Gasteiger partial charge < -0.3 is 9.88 Å². The number of nitrogens with zero attached hydrogens (tertiary/aromatic N) is 3. The van der Waals surface area contributed by atoms with Crippen LogP contribution >= 0.6 is 34.9 Å². The molecule has 0 aliphatic heterocycles. The van der Waals surface area contributed by atoms with Crippen molar-refractivity contribution >= 4 is 40.8 Å². The summed E-state index contributed by atoms with van der Waals surface area (Å²) in [6.45, 7) is 2.68. The van der Waals surface area contributed by atoms with Crippen molar-refractivity contribution in [3.8, 4) is 0 Å². The molecule has 3 rings (SSSR count).